The molecule has 0 radical (unpaired) electrons. The summed E-state index contributed by atoms with van der Waals surface area (Å²) in [6.45, 7) is 0. The van der Waals surface area contributed by atoms with E-state index in [4.69, 9.17) is 18.9 Å². The van der Waals surface area contributed by atoms with Gasteiger partial charge in [-0.15, -0.1) is 0 Å². The zero-order chi connectivity index (χ0) is 24.0. The number of nitro groups is 1. The second kappa shape index (κ2) is 10.3. The van der Waals surface area contributed by atoms with E-state index in [9.17, 15) is 14.9 Å². The Hall–Kier alpha value is -4.33. The molecule has 33 heavy (non-hydrogen) atoms. The zero-order valence-corrected chi connectivity index (χ0v) is 18.7. The van der Waals surface area contributed by atoms with Crippen molar-refractivity contribution in [2.45, 2.75) is 0 Å². The van der Waals surface area contributed by atoms with Crippen molar-refractivity contribution in [2.75, 3.05) is 28.4 Å². The van der Waals surface area contributed by atoms with Gasteiger partial charge in [-0.25, -0.2) is 0 Å². The standard InChI is InChI=1S/C25H23NO7/c1-30-19-10-11-20(23(15-19)32-3)25(27)21(17-6-8-18(9-7-17)26(28)29)13-16-5-12-22(31-2)24(14-16)33-4/h5-15H,1-4H3/b21-13+. The zero-order valence-electron chi connectivity index (χ0n) is 18.7. The van der Waals surface area contributed by atoms with Crippen LogP contribution in [0.3, 0.4) is 0 Å². The number of carbonyl (C=O) groups is 1. The van der Waals surface area contributed by atoms with Crippen molar-refractivity contribution in [3.8, 4) is 23.0 Å². The largest absolute Gasteiger partial charge is 0.497 e. The number of hydrogen-bond donors (Lipinski definition) is 0. The Morgan fingerprint density at radius 3 is 2.03 bits per heavy atom. The molecule has 0 unspecified atom stereocenters. The van der Waals surface area contributed by atoms with Gasteiger partial charge in [-0.1, -0.05) is 6.07 Å². The maximum atomic E-state index is 13.6. The number of ketones is 1. The highest BCUT2D eigenvalue weighted by molar-refractivity contribution is 6.33. The third-order valence-corrected chi connectivity index (χ3v) is 5.01. The number of nitrogens with zero attached hydrogens (tertiary/aromatic N) is 1. The number of non-ortho nitro benzene ring substituents is 1. The Morgan fingerprint density at radius 1 is 0.788 bits per heavy atom. The van der Waals surface area contributed by atoms with Crippen LogP contribution < -0.4 is 18.9 Å². The summed E-state index contributed by atoms with van der Waals surface area (Å²) in [4.78, 5) is 24.2. The molecule has 0 amide bonds. The molecular formula is C25H23NO7. The SMILES string of the molecule is COc1ccc(C(=O)/C(=C/c2ccc(OC)c(OC)c2)c2ccc([N+](=O)[O-])cc2)c(OC)c1. The lowest BCUT2D eigenvalue weighted by Gasteiger charge is -2.13. The van der Waals surface area contributed by atoms with Crippen molar-refractivity contribution in [1.29, 1.82) is 0 Å². The van der Waals surface area contributed by atoms with E-state index >= 15 is 0 Å². The van der Waals surface area contributed by atoms with Crippen LogP contribution in [0.5, 0.6) is 23.0 Å². The van der Waals surface area contributed by atoms with E-state index in [-0.39, 0.29) is 11.5 Å². The fourth-order valence-corrected chi connectivity index (χ4v) is 3.28. The van der Waals surface area contributed by atoms with Gasteiger partial charge in [0, 0.05) is 23.8 Å². The molecule has 0 spiro atoms. The highest BCUT2D eigenvalue weighted by Gasteiger charge is 2.20. The number of rotatable bonds is 9. The maximum absolute atomic E-state index is 13.6. The van der Waals surface area contributed by atoms with E-state index in [1.165, 1.54) is 40.6 Å². The number of carbonyl (C=O) groups excluding carboxylic acids is 1. The van der Waals surface area contributed by atoms with Gasteiger partial charge in [0.15, 0.2) is 17.3 Å². The van der Waals surface area contributed by atoms with Gasteiger partial charge in [0.05, 0.1) is 38.9 Å². The Bertz CT molecular complexity index is 1200. The Morgan fingerprint density at radius 2 is 1.45 bits per heavy atom. The molecule has 0 N–H and O–H groups in total. The van der Waals surface area contributed by atoms with Crippen molar-refractivity contribution in [1.82, 2.24) is 0 Å². The average molecular weight is 449 g/mol. The number of nitro benzene ring substituents is 1. The molecule has 8 nitrogen and oxygen atoms in total. The summed E-state index contributed by atoms with van der Waals surface area (Å²) in [5.41, 5.74) is 1.77. The van der Waals surface area contributed by atoms with Crippen LogP contribution in [0, 0.1) is 10.1 Å². The molecule has 8 heteroatoms. The molecule has 0 fully saturated rings. The van der Waals surface area contributed by atoms with Crippen molar-refractivity contribution in [3.63, 3.8) is 0 Å². The molecule has 0 atom stereocenters. The summed E-state index contributed by atoms with van der Waals surface area (Å²) in [6, 6.07) is 16.0. The number of allylic oxidation sites excluding steroid dienone is 1. The maximum Gasteiger partial charge on any atom is 0.269 e. The summed E-state index contributed by atoms with van der Waals surface area (Å²) in [7, 11) is 6.05. The number of methoxy groups -OCH3 is 4. The Labute approximate surface area is 191 Å². The van der Waals surface area contributed by atoms with E-state index in [2.05, 4.69) is 0 Å². The van der Waals surface area contributed by atoms with Gasteiger partial charge in [0.1, 0.15) is 11.5 Å². The van der Waals surface area contributed by atoms with Gasteiger partial charge in [0.25, 0.3) is 5.69 Å². The number of Topliss-reactive ketones (excluding diaryl/α,β-unsaturated/α-hetero) is 1. The van der Waals surface area contributed by atoms with Crippen LogP contribution in [0.4, 0.5) is 5.69 Å². The minimum Gasteiger partial charge on any atom is -0.497 e. The highest BCUT2D eigenvalue weighted by Crippen LogP contribution is 2.33. The third kappa shape index (κ3) is 5.12. The molecule has 170 valence electrons. The average Bonchev–Trinajstić information content (AvgIpc) is 2.86. The minimum absolute atomic E-state index is 0.0707. The van der Waals surface area contributed by atoms with Crippen LogP contribution in [0.15, 0.2) is 60.7 Å². The first-order valence-electron chi connectivity index (χ1n) is 9.87. The molecule has 0 aliphatic rings. The van der Waals surface area contributed by atoms with Crippen LogP contribution in [-0.2, 0) is 0 Å². The summed E-state index contributed by atoms with van der Waals surface area (Å²) in [5, 5.41) is 11.1. The topological polar surface area (TPSA) is 97.1 Å². The van der Waals surface area contributed by atoms with Crippen molar-refractivity contribution in [3.05, 3.63) is 87.5 Å². The van der Waals surface area contributed by atoms with E-state index < -0.39 is 4.92 Å². The molecule has 0 saturated carbocycles. The third-order valence-electron chi connectivity index (χ3n) is 5.01. The number of ether oxygens (including phenoxy) is 4. The monoisotopic (exact) mass is 449 g/mol. The van der Waals surface area contributed by atoms with E-state index in [0.717, 1.165) is 0 Å². The van der Waals surface area contributed by atoms with Crippen LogP contribution in [0.1, 0.15) is 21.5 Å². The van der Waals surface area contributed by atoms with Crippen molar-refractivity contribution < 1.29 is 28.7 Å². The molecule has 3 aromatic carbocycles. The molecule has 0 heterocycles. The molecular weight excluding hydrogens is 426 g/mol. The predicted octanol–water partition coefficient (Wildman–Crippen LogP) is 5.05. The highest BCUT2D eigenvalue weighted by atomic mass is 16.6. The summed E-state index contributed by atoms with van der Waals surface area (Å²) >= 11 is 0. The molecule has 0 saturated heterocycles. The summed E-state index contributed by atoms with van der Waals surface area (Å²) in [5.74, 6) is 1.63. The fourth-order valence-electron chi connectivity index (χ4n) is 3.28. The van der Waals surface area contributed by atoms with Gasteiger partial charge in [-0.2, -0.15) is 0 Å². The van der Waals surface area contributed by atoms with Crippen molar-refractivity contribution in [2.24, 2.45) is 0 Å². The molecule has 0 aromatic heterocycles. The lowest BCUT2D eigenvalue weighted by molar-refractivity contribution is -0.384. The van der Waals surface area contributed by atoms with E-state index in [0.29, 0.717) is 45.3 Å². The van der Waals surface area contributed by atoms with Crippen LogP contribution in [0.2, 0.25) is 0 Å². The minimum atomic E-state index is -0.490. The molecule has 0 aliphatic carbocycles. The van der Waals surface area contributed by atoms with Gasteiger partial charge < -0.3 is 18.9 Å². The smallest absolute Gasteiger partial charge is 0.269 e. The quantitative estimate of drug-likeness (QED) is 0.148. The summed E-state index contributed by atoms with van der Waals surface area (Å²) < 4.78 is 21.3. The second-order valence-corrected chi connectivity index (χ2v) is 6.87. The van der Waals surface area contributed by atoms with E-state index in [1.54, 1.807) is 54.6 Å². The second-order valence-electron chi connectivity index (χ2n) is 6.87. The molecule has 3 aromatic rings. The van der Waals surface area contributed by atoms with Gasteiger partial charge in [-0.05, 0) is 53.6 Å². The van der Waals surface area contributed by atoms with Gasteiger partial charge in [0.2, 0.25) is 0 Å². The van der Waals surface area contributed by atoms with Crippen molar-refractivity contribution >= 4 is 23.1 Å². The Kier molecular flexibility index (Phi) is 7.30. The number of hydrogen-bond acceptors (Lipinski definition) is 7. The molecule has 3 rings (SSSR count). The summed E-state index contributed by atoms with van der Waals surface area (Å²) in [6.07, 6.45) is 1.69. The van der Waals surface area contributed by atoms with Crippen LogP contribution >= 0.6 is 0 Å². The van der Waals surface area contributed by atoms with E-state index in [1.807, 2.05) is 0 Å². The lowest BCUT2D eigenvalue weighted by atomic mass is 9.94. The van der Waals surface area contributed by atoms with Crippen LogP contribution in [-0.4, -0.2) is 39.1 Å². The Balaban J connectivity index is 2.16. The first kappa shape index (κ1) is 23.3. The lowest BCUT2D eigenvalue weighted by Crippen LogP contribution is -2.06. The molecule has 0 bridgehead atoms. The normalized spacial score (nSPS) is 11.0. The van der Waals surface area contributed by atoms with Gasteiger partial charge >= 0.3 is 0 Å². The first-order valence-corrected chi connectivity index (χ1v) is 9.87. The van der Waals surface area contributed by atoms with Gasteiger partial charge in [-0.3, -0.25) is 14.9 Å². The first-order chi connectivity index (χ1) is 15.9. The molecule has 0 aliphatic heterocycles. The fraction of sp³-hybridized carbons (Fsp3) is 0.160. The predicted molar refractivity (Wildman–Crippen MR) is 124 cm³/mol. The van der Waals surface area contributed by atoms with Crippen LogP contribution in [0.25, 0.3) is 11.6 Å². The number of benzene rings is 3.